The van der Waals surface area contributed by atoms with Crippen LogP contribution in [0, 0.1) is 0 Å². The van der Waals surface area contributed by atoms with Gasteiger partial charge in [0.15, 0.2) is 5.96 Å². The molecule has 3 rings (SSSR count). The molecule has 2 fully saturated rings. The lowest BCUT2D eigenvalue weighted by Gasteiger charge is -2.21. The maximum absolute atomic E-state index is 12.1. The highest BCUT2D eigenvalue weighted by molar-refractivity contribution is 14.0. The third-order valence-corrected chi connectivity index (χ3v) is 5.73. The van der Waals surface area contributed by atoms with Gasteiger partial charge in [-0.15, -0.1) is 24.0 Å². The van der Waals surface area contributed by atoms with E-state index in [2.05, 4.69) is 27.4 Å². The van der Waals surface area contributed by atoms with Crippen molar-refractivity contribution in [2.45, 2.75) is 51.5 Å². The average Bonchev–Trinajstić information content (AvgIpc) is 3.07. The summed E-state index contributed by atoms with van der Waals surface area (Å²) in [4.78, 5) is 25.5. The van der Waals surface area contributed by atoms with Crippen molar-refractivity contribution in [2.75, 3.05) is 44.2 Å². The molecular weight excluding hydrogens is 515 g/mol. The predicted molar refractivity (Wildman–Crippen MR) is 134 cm³/mol. The van der Waals surface area contributed by atoms with Gasteiger partial charge in [0.1, 0.15) is 5.82 Å². The van der Waals surface area contributed by atoms with Crippen LogP contribution in [0.2, 0.25) is 5.02 Å². The SMILES string of the molecule is CCNC(=NCCCN1CCCCCC1=O)NC1CCN(c2ncccc2Cl)C1.I. The summed E-state index contributed by atoms with van der Waals surface area (Å²) in [7, 11) is 0. The van der Waals surface area contributed by atoms with Gasteiger partial charge in [0, 0.05) is 57.9 Å². The van der Waals surface area contributed by atoms with Crippen LogP contribution < -0.4 is 15.5 Å². The molecule has 1 unspecified atom stereocenters. The van der Waals surface area contributed by atoms with Crippen LogP contribution in [0.1, 0.15) is 45.4 Å². The number of carbonyl (C=O) groups is 1. The van der Waals surface area contributed by atoms with Crippen LogP contribution >= 0.6 is 35.6 Å². The maximum atomic E-state index is 12.1. The van der Waals surface area contributed by atoms with Gasteiger partial charge >= 0.3 is 0 Å². The number of halogens is 2. The number of aromatic nitrogens is 1. The quantitative estimate of drug-likeness (QED) is 0.237. The fourth-order valence-electron chi connectivity index (χ4n) is 3.92. The lowest BCUT2D eigenvalue weighted by molar-refractivity contribution is -0.130. The van der Waals surface area contributed by atoms with Crippen LogP contribution in [0.3, 0.4) is 0 Å². The Labute approximate surface area is 202 Å². The summed E-state index contributed by atoms with van der Waals surface area (Å²) >= 11 is 6.29. The molecule has 168 valence electrons. The molecule has 0 aliphatic carbocycles. The van der Waals surface area contributed by atoms with Gasteiger partial charge in [-0.1, -0.05) is 18.0 Å². The number of hydrogen-bond donors (Lipinski definition) is 2. The second-order valence-corrected chi connectivity index (χ2v) is 8.10. The number of carbonyl (C=O) groups excluding carboxylic acids is 1. The lowest BCUT2D eigenvalue weighted by atomic mass is 10.2. The average molecular weight is 549 g/mol. The molecule has 2 saturated heterocycles. The first-order valence-electron chi connectivity index (χ1n) is 10.9. The summed E-state index contributed by atoms with van der Waals surface area (Å²) in [5.41, 5.74) is 0. The molecule has 9 heteroatoms. The summed E-state index contributed by atoms with van der Waals surface area (Å²) in [6.45, 7) is 7.07. The molecule has 1 atom stereocenters. The zero-order valence-corrected chi connectivity index (χ0v) is 20.9. The standard InChI is InChI=1S/C21H33ClN6O.HI/c1-2-23-21(25-12-7-14-27-13-5-3-4-9-19(27)29)26-17-10-15-28(16-17)20-18(22)8-6-11-24-20;/h6,8,11,17H,2-5,7,9-10,12-16H2,1H3,(H2,23,25,26);1H. The molecule has 30 heavy (non-hydrogen) atoms. The minimum absolute atomic E-state index is 0. The van der Waals surface area contributed by atoms with E-state index in [-0.39, 0.29) is 24.0 Å². The number of guanidine groups is 1. The van der Waals surface area contributed by atoms with Crippen molar-refractivity contribution in [1.82, 2.24) is 20.5 Å². The van der Waals surface area contributed by atoms with Crippen molar-refractivity contribution in [3.63, 3.8) is 0 Å². The predicted octanol–water partition coefficient (Wildman–Crippen LogP) is 3.28. The zero-order chi connectivity index (χ0) is 20.5. The topological polar surface area (TPSA) is 72.9 Å². The summed E-state index contributed by atoms with van der Waals surface area (Å²) < 4.78 is 0. The molecule has 2 aliphatic heterocycles. The van der Waals surface area contributed by atoms with E-state index in [4.69, 9.17) is 16.6 Å². The number of pyridine rings is 1. The number of rotatable bonds is 7. The van der Waals surface area contributed by atoms with Crippen molar-refractivity contribution >= 4 is 53.3 Å². The second-order valence-electron chi connectivity index (χ2n) is 7.69. The zero-order valence-electron chi connectivity index (χ0n) is 17.8. The molecule has 0 saturated carbocycles. The Bertz CT molecular complexity index is 704. The van der Waals surface area contributed by atoms with Crippen molar-refractivity contribution in [3.8, 4) is 0 Å². The van der Waals surface area contributed by atoms with Crippen molar-refractivity contribution in [1.29, 1.82) is 0 Å². The molecule has 1 aromatic heterocycles. The van der Waals surface area contributed by atoms with E-state index in [1.807, 2.05) is 17.0 Å². The third kappa shape index (κ3) is 7.44. The van der Waals surface area contributed by atoms with Gasteiger partial charge in [-0.3, -0.25) is 9.79 Å². The Morgan fingerprint density at radius 3 is 3.00 bits per heavy atom. The molecule has 0 radical (unpaired) electrons. The first kappa shape index (κ1) is 25.0. The van der Waals surface area contributed by atoms with Crippen molar-refractivity contribution < 1.29 is 4.79 Å². The molecule has 1 aromatic rings. The number of likely N-dealkylation sites (tertiary alicyclic amines) is 1. The van der Waals surface area contributed by atoms with Crippen LogP contribution in [0.5, 0.6) is 0 Å². The monoisotopic (exact) mass is 548 g/mol. The highest BCUT2D eigenvalue weighted by Crippen LogP contribution is 2.25. The minimum atomic E-state index is 0. The van der Waals surface area contributed by atoms with Gasteiger partial charge in [-0.05, 0) is 44.7 Å². The van der Waals surface area contributed by atoms with Crippen LogP contribution in [-0.2, 0) is 4.79 Å². The van der Waals surface area contributed by atoms with E-state index < -0.39 is 0 Å². The Hall–Kier alpha value is -1.29. The molecule has 3 heterocycles. The van der Waals surface area contributed by atoms with Crippen molar-refractivity contribution in [3.05, 3.63) is 23.4 Å². The Balaban J connectivity index is 0.00000320. The maximum Gasteiger partial charge on any atom is 0.222 e. The van der Waals surface area contributed by atoms with Gasteiger partial charge < -0.3 is 20.4 Å². The smallest absolute Gasteiger partial charge is 0.222 e. The molecule has 7 nitrogen and oxygen atoms in total. The fraction of sp³-hybridized carbons (Fsp3) is 0.667. The highest BCUT2D eigenvalue weighted by Gasteiger charge is 2.25. The second kappa shape index (κ2) is 13.2. The van der Waals surface area contributed by atoms with Crippen LogP contribution in [0.25, 0.3) is 0 Å². The number of nitrogens with zero attached hydrogens (tertiary/aromatic N) is 4. The first-order valence-corrected chi connectivity index (χ1v) is 11.2. The molecule has 0 aromatic carbocycles. The van der Waals surface area contributed by atoms with E-state index in [1.165, 1.54) is 0 Å². The number of hydrogen-bond acceptors (Lipinski definition) is 4. The summed E-state index contributed by atoms with van der Waals surface area (Å²) in [5, 5.41) is 7.56. The summed E-state index contributed by atoms with van der Waals surface area (Å²) in [5.74, 6) is 1.99. The van der Waals surface area contributed by atoms with Crippen LogP contribution in [0.4, 0.5) is 5.82 Å². The number of amides is 1. The van der Waals surface area contributed by atoms with Gasteiger partial charge in [0.25, 0.3) is 0 Å². The molecule has 0 bridgehead atoms. The number of anilines is 1. The third-order valence-electron chi connectivity index (χ3n) is 5.44. The van der Waals surface area contributed by atoms with Gasteiger partial charge in [-0.2, -0.15) is 0 Å². The molecule has 2 aliphatic rings. The lowest BCUT2D eigenvalue weighted by Crippen LogP contribution is -2.44. The Morgan fingerprint density at radius 2 is 2.20 bits per heavy atom. The molecule has 1 amide bonds. The first-order chi connectivity index (χ1) is 14.2. The van der Waals surface area contributed by atoms with Crippen molar-refractivity contribution in [2.24, 2.45) is 4.99 Å². The van der Waals surface area contributed by atoms with E-state index >= 15 is 0 Å². The highest BCUT2D eigenvalue weighted by atomic mass is 127. The molecule has 2 N–H and O–H groups in total. The largest absolute Gasteiger partial charge is 0.357 e. The minimum Gasteiger partial charge on any atom is -0.357 e. The van der Waals surface area contributed by atoms with Crippen LogP contribution in [0.15, 0.2) is 23.3 Å². The Morgan fingerprint density at radius 1 is 1.33 bits per heavy atom. The van der Waals surface area contributed by atoms with Gasteiger partial charge in [0.05, 0.1) is 5.02 Å². The molecule has 0 spiro atoms. The van der Waals surface area contributed by atoms with Gasteiger partial charge in [-0.25, -0.2) is 4.98 Å². The summed E-state index contributed by atoms with van der Waals surface area (Å²) in [6, 6.07) is 4.04. The van der Waals surface area contributed by atoms with Gasteiger partial charge in [0.2, 0.25) is 5.91 Å². The molecular formula is C21H34ClIN6O. The number of aliphatic imine (C=N–C) groups is 1. The van der Waals surface area contributed by atoms with E-state index in [0.29, 0.717) is 29.9 Å². The van der Waals surface area contributed by atoms with E-state index in [9.17, 15) is 4.79 Å². The number of nitrogens with one attached hydrogen (secondary N) is 2. The fourth-order valence-corrected chi connectivity index (χ4v) is 4.16. The van der Waals surface area contributed by atoms with E-state index in [1.54, 1.807) is 6.20 Å². The normalized spacial score (nSPS) is 20.0. The Kier molecular flexibility index (Phi) is 11.0. The summed E-state index contributed by atoms with van der Waals surface area (Å²) in [6.07, 6.45) is 7.70. The van der Waals surface area contributed by atoms with Crippen LogP contribution in [-0.4, -0.2) is 67.1 Å². The van der Waals surface area contributed by atoms with E-state index in [0.717, 1.165) is 76.6 Å².